The summed E-state index contributed by atoms with van der Waals surface area (Å²) >= 11 is 0. The lowest BCUT2D eigenvalue weighted by molar-refractivity contribution is -0.124. The second-order valence-corrected chi connectivity index (χ2v) is 7.95. The molecule has 0 radical (unpaired) electrons. The fourth-order valence-electron chi connectivity index (χ4n) is 3.59. The van der Waals surface area contributed by atoms with E-state index >= 15 is 0 Å². The first-order valence-electron chi connectivity index (χ1n) is 10.5. The Morgan fingerprint density at radius 3 is 2.13 bits per heavy atom. The van der Waals surface area contributed by atoms with Gasteiger partial charge in [-0.1, -0.05) is 82.3 Å². The lowest BCUT2D eigenvalue weighted by atomic mass is 9.87. The molecule has 1 N–H and O–H groups in total. The van der Waals surface area contributed by atoms with Gasteiger partial charge >= 0.3 is 0 Å². The SMILES string of the molecule is C=N/C(=C(/C(=O)NC(C(C)=O)C(C)C)c1ccccc1C(C)CC)c1ccccc1. The van der Waals surface area contributed by atoms with Gasteiger partial charge in [0.05, 0.1) is 17.3 Å². The van der Waals surface area contributed by atoms with E-state index in [9.17, 15) is 9.59 Å². The van der Waals surface area contributed by atoms with Crippen LogP contribution < -0.4 is 5.32 Å². The van der Waals surface area contributed by atoms with Gasteiger partial charge in [-0.2, -0.15) is 0 Å². The molecule has 0 heterocycles. The minimum Gasteiger partial charge on any atom is -0.342 e. The van der Waals surface area contributed by atoms with Crippen molar-refractivity contribution < 1.29 is 9.59 Å². The van der Waals surface area contributed by atoms with Gasteiger partial charge in [-0.3, -0.25) is 14.6 Å². The summed E-state index contributed by atoms with van der Waals surface area (Å²) in [6.07, 6.45) is 0.941. The number of benzene rings is 2. The van der Waals surface area contributed by atoms with Gasteiger partial charge in [-0.25, -0.2) is 0 Å². The Bertz CT molecular complexity index is 929. The van der Waals surface area contributed by atoms with E-state index in [2.05, 4.69) is 30.9 Å². The third-order valence-corrected chi connectivity index (χ3v) is 5.43. The first kappa shape index (κ1) is 23.3. The van der Waals surface area contributed by atoms with Crippen molar-refractivity contribution in [3.8, 4) is 0 Å². The fourth-order valence-corrected chi connectivity index (χ4v) is 3.59. The molecule has 0 aliphatic carbocycles. The highest BCUT2D eigenvalue weighted by atomic mass is 16.2. The van der Waals surface area contributed by atoms with Crippen LogP contribution in [0.5, 0.6) is 0 Å². The van der Waals surface area contributed by atoms with E-state index in [0.717, 1.165) is 23.1 Å². The molecule has 30 heavy (non-hydrogen) atoms. The summed E-state index contributed by atoms with van der Waals surface area (Å²) in [4.78, 5) is 30.0. The molecule has 2 aromatic rings. The lowest BCUT2D eigenvalue weighted by Gasteiger charge is -2.23. The highest BCUT2D eigenvalue weighted by molar-refractivity contribution is 6.27. The molecule has 0 saturated carbocycles. The van der Waals surface area contributed by atoms with Crippen molar-refractivity contribution in [1.29, 1.82) is 0 Å². The van der Waals surface area contributed by atoms with Crippen LogP contribution in [0.4, 0.5) is 0 Å². The number of hydrogen-bond acceptors (Lipinski definition) is 3. The maximum Gasteiger partial charge on any atom is 0.254 e. The van der Waals surface area contributed by atoms with Crippen molar-refractivity contribution in [1.82, 2.24) is 5.32 Å². The number of carbonyl (C=O) groups is 2. The molecule has 0 aliphatic rings. The topological polar surface area (TPSA) is 58.5 Å². The largest absolute Gasteiger partial charge is 0.342 e. The number of nitrogens with zero attached hydrogens (tertiary/aromatic N) is 1. The van der Waals surface area contributed by atoms with E-state index in [0.29, 0.717) is 11.3 Å². The van der Waals surface area contributed by atoms with E-state index in [1.165, 1.54) is 6.92 Å². The maximum absolute atomic E-state index is 13.6. The highest BCUT2D eigenvalue weighted by Gasteiger charge is 2.27. The zero-order valence-corrected chi connectivity index (χ0v) is 18.6. The normalized spacial score (nSPS) is 13.9. The standard InChI is InChI=1S/C26H32N2O2/c1-7-18(4)21-15-11-12-16-22(21)23(25(27-6)20-13-9-8-10-14-20)26(30)28-24(17(2)3)19(5)29/h8-18,24H,6-7H2,1-5H3,(H,28,30)/b25-23+. The third-order valence-electron chi connectivity index (χ3n) is 5.43. The van der Waals surface area contributed by atoms with Crippen molar-refractivity contribution in [3.63, 3.8) is 0 Å². The van der Waals surface area contributed by atoms with Gasteiger partial charge in [-0.05, 0) is 43.0 Å². The molecule has 4 nitrogen and oxygen atoms in total. The van der Waals surface area contributed by atoms with Crippen molar-refractivity contribution in [3.05, 3.63) is 71.3 Å². The number of rotatable bonds is 9. The molecule has 2 rings (SSSR count). The summed E-state index contributed by atoms with van der Waals surface area (Å²) in [5.41, 5.74) is 3.65. The summed E-state index contributed by atoms with van der Waals surface area (Å²) in [5.74, 6) is -0.138. The lowest BCUT2D eigenvalue weighted by Crippen LogP contribution is -2.43. The van der Waals surface area contributed by atoms with Crippen LogP contribution in [0.3, 0.4) is 0 Å². The minimum absolute atomic E-state index is 0.0191. The molecule has 0 fully saturated rings. The molecule has 0 spiro atoms. The van der Waals surface area contributed by atoms with Gasteiger partial charge in [-0.15, -0.1) is 0 Å². The summed E-state index contributed by atoms with van der Waals surface area (Å²) < 4.78 is 0. The summed E-state index contributed by atoms with van der Waals surface area (Å²) in [6.45, 7) is 13.4. The Hall–Kier alpha value is -3.01. The number of amides is 1. The van der Waals surface area contributed by atoms with Crippen LogP contribution in [0.25, 0.3) is 11.3 Å². The van der Waals surface area contributed by atoms with Gasteiger partial charge < -0.3 is 5.32 Å². The molecule has 1 amide bonds. The molecular formula is C26H32N2O2. The second-order valence-electron chi connectivity index (χ2n) is 7.95. The van der Waals surface area contributed by atoms with Crippen LogP contribution in [-0.2, 0) is 9.59 Å². The van der Waals surface area contributed by atoms with Gasteiger partial charge in [0.1, 0.15) is 0 Å². The van der Waals surface area contributed by atoms with E-state index in [1.807, 2.05) is 68.4 Å². The number of ketones is 1. The van der Waals surface area contributed by atoms with Gasteiger partial charge in [0.15, 0.2) is 5.78 Å². The zero-order chi connectivity index (χ0) is 22.3. The summed E-state index contributed by atoms with van der Waals surface area (Å²) in [6, 6.07) is 16.9. The molecule has 2 atom stereocenters. The maximum atomic E-state index is 13.6. The predicted molar refractivity (Wildman–Crippen MR) is 125 cm³/mol. The third kappa shape index (κ3) is 5.32. The average molecular weight is 405 g/mol. The molecular weight excluding hydrogens is 372 g/mol. The number of nitrogens with one attached hydrogen (secondary N) is 1. The number of Topliss-reactive ketones (excluding diaryl/α,β-unsaturated/α-hetero) is 1. The smallest absolute Gasteiger partial charge is 0.254 e. The number of carbonyl (C=O) groups excluding carboxylic acids is 2. The Balaban J connectivity index is 2.75. The van der Waals surface area contributed by atoms with Crippen molar-refractivity contribution in [2.45, 2.75) is 53.0 Å². The summed E-state index contributed by atoms with van der Waals surface area (Å²) in [7, 11) is 0. The first-order valence-corrected chi connectivity index (χ1v) is 10.5. The van der Waals surface area contributed by atoms with E-state index in [1.54, 1.807) is 0 Å². The molecule has 0 saturated heterocycles. The molecule has 2 unspecified atom stereocenters. The molecule has 4 heteroatoms. The van der Waals surface area contributed by atoms with Crippen molar-refractivity contribution in [2.24, 2.45) is 10.9 Å². The Kier molecular flexibility index (Phi) is 8.28. The monoisotopic (exact) mass is 404 g/mol. The molecule has 0 aliphatic heterocycles. The molecule has 0 aromatic heterocycles. The second kappa shape index (κ2) is 10.7. The van der Waals surface area contributed by atoms with Gasteiger partial charge in [0.2, 0.25) is 0 Å². The minimum atomic E-state index is -0.565. The quantitative estimate of drug-likeness (QED) is 0.341. The Labute approximate surface area is 180 Å². The van der Waals surface area contributed by atoms with E-state index in [-0.39, 0.29) is 23.5 Å². The predicted octanol–water partition coefficient (Wildman–Crippen LogP) is 5.50. The molecule has 158 valence electrons. The van der Waals surface area contributed by atoms with Crippen LogP contribution in [0.2, 0.25) is 0 Å². The van der Waals surface area contributed by atoms with Gasteiger partial charge in [0.25, 0.3) is 5.91 Å². The van der Waals surface area contributed by atoms with Crippen LogP contribution in [-0.4, -0.2) is 24.4 Å². The van der Waals surface area contributed by atoms with Crippen LogP contribution in [0.1, 0.15) is 63.6 Å². The Morgan fingerprint density at radius 2 is 1.60 bits per heavy atom. The van der Waals surface area contributed by atoms with Crippen LogP contribution >= 0.6 is 0 Å². The average Bonchev–Trinajstić information content (AvgIpc) is 2.75. The number of hydrogen-bond donors (Lipinski definition) is 1. The van der Waals surface area contributed by atoms with Crippen molar-refractivity contribution in [2.75, 3.05) is 0 Å². The molecule has 0 bridgehead atoms. The first-order chi connectivity index (χ1) is 14.3. The fraction of sp³-hybridized carbons (Fsp3) is 0.346. The zero-order valence-electron chi connectivity index (χ0n) is 18.6. The summed E-state index contributed by atoms with van der Waals surface area (Å²) in [5, 5.41) is 2.95. The van der Waals surface area contributed by atoms with Gasteiger partial charge in [0, 0.05) is 5.56 Å². The van der Waals surface area contributed by atoms with Crippen LogP contribution in [0, 0.1) is 5.92 Å². The van der Waals surface area contributed by atoms with Crippen LogP contribution in [0.15, 0.2) is 59.6 Å². The molecule has 2 aromatic carbocycles. The Morgan fingerprint density at radius 1 is 1.00 bits per heavy atom. The van der Waals surface area contributed by atoms with E-state index in [4.69, 9.17) is 0 Å². The highest BCUT2D eigenvalue weighted by Crippen LogP contribution is 2.33. The van der Waals surface area contributed by atoms with Crippen molar-refractivity contribution >= 4 is 29.7 Å². The van der Waals surface area contributed by atoms with E-state index < -0.39 is 6.04 Å². The number of aliphatic imine (C=N–C) groups is 1.